The fourth-order valence-corrected chi connectivity index (χ4v) is 3.00. The molecule has 0 heterocycles. The summed E-state index contributed by atoms with van der Waals surface area (Å²) in [6, 6.07) is 13.8. The summed E-state index contributed by atoms with van der Waals surface area (Å²) in [6.45, 7) is 0.922. The van der Waals surface area contributed by atoms with E-state index in [1.807, 2.05) is 37.4 Å². The quantitative estimate of drug-likeness (QED) is 0.754. The molecule has 2 aromatic rings. The van der Waals surface area contributed by atoms with E-state index in [9.17, 15) is 0 Å². The number of hydrogen-bond acceptors (Lipinski definition) is 1. The van der Waals surface area contributed by atoms with Crippen LogP contribution in [0.25, 0.3) is 0 Å². The van der Waals surface area contributed by atoms with Gasteiger partial charge in [0.1, 0.15) is 0 Å². The maximum absolute atomic E-state index is 6.29. The molecule has 0 fully saturated rings. The molecular weight excluding hydrogens is 325 g/mol. The Labute approximate surface area is 141 Å². The SMILES string of the molecule is CNCC(Cc1ccc(Cl)cc1)Cc1cccc(Cl)c1Cl. The van der Waals surface area contributed by atoms with Crippen LogP contribution in [0.2, 0.25) is 15.1 Å². The lowest BCUT2D eigenvalue weighted by molar-refractivity contribution is 0.493. The van der Waals surface area contributed by atoms with Crippen molar-refractivity contribution in [3.63, 3.8) is 0 Å². The van der Waals surface area contributed by atoms with Crippen LogP contribution in [0.5, 0.6) is 0 Å². The average Bonchev–Trinajstić information content (AvgIpc) is 2.46. The third-order valence-corrected chi connectivity index (χ3v) is 4.58. The van der Waals surface area contributed by atoms with Gasteiger partial charge in [-0.05, 0) is 61.7 Å². The van der Waals surface area contributed by atoms with Gasteiger partial charge < -0.3 is 5.32 Å². The van der Waals surface area contributed by atoms with Crippen LogP contribution in [0, 0.1) is 5.92 Å². The molecule has 2 rings (SSSR count). The number of nitrogens with one attached hydrogen (secondary N) is 1. The molecule has 112 valence electrons. The largest absolute Gasteiger partial charge is 0.319 e. The monoisotopic (exact) mass is 341 g/mol. The molecule has 0 saturated heterocycles. The Bertz CT molecular complexity index is 581. The van der Waals surface area contributed by atoms with Crippen molar-refractivity contribution >= 4 is 34.8 Å². The molecule has 21 heavy (non-hydrogen) atoms. The van der Waals surface area contributed by atoms with Gasteiger partial charge in [0, 0.05) is 5.02 Å². The van der Waals surface area contributed by atoms with Crippen molar-refractivity contribution in [3.8, 4) is 0 Å². The third-order valence-electron chi connectivity index (χ3n) is 3.47. The molecule has 0 bridgehead atoms. The Hall–Kier alpha value is -0.730. The third kappa shape index (κ3) is 4.89. The van der Waals surface area contributed by atoms with E-state index in [0.29, 0.717) is 16.0 Å². The van der Waals surface area contributed by atoms with E-state index in [2.05, 4.69) is 17.4 Å². The Morgan fingerprint density at radius 3 is 2.33 bits per heavy atom. The maximum atomic E-state index is 6.29. The molecular formula is C17H18Cl3N. The Kier molecular flexibility index (Phi) is 6.38. The summed E-state index contributed by atoms with van der Waals surface area (Å²) in [5.74, 6) is 0.451. The zero-order valence-corrected chi connectivity index (χ0v) is 14.1. The zero-order valence-electron chi connectivity index (χ0n) is 11.9. The number of hydrogen-bond donors (Lipinski definition) is 1. The van der Waals surface area contributed by atoms with Crippen LogP contribution in [-0.4, -0.2) is 13.6 Å². The second kappa shape index (κ2) is 8.05. The predicted octanol–water partition coefficient (Wildman–Crippen LogP) is 5.27. The summed E-state index contributed by atoms with van der Waals surface area (Å²) in [7, 11) is 1.97. The van der Waals surface area contributed by atoms with Gasteiger partial charge in [0.15, 0.2) is 0 Å². The highest BCUT2D eigenvalue weighted by Crippen LogP contribution is 2.28. The molecule has 0 amide bonds. The van der Waals surface area contributed by atoms with Crippen molar-refractivity contribution < 1.29 is 0 Å². The summed E-state index contributed by atoms with van der Waals surface area (Å²) < 4.78 is 0. The van der Waals surface area contributed by atoms with E-state index in [1.165, 1.54) is 5.56 Å². The van der Waals surface area contributed by atoms with Crippen molar-refractivity contribution in [2.75, 3.05) is 13.6 Å². The van der Waals surface area contributed by atoms with Gasteiger partial charge in [-0.1, -0.05) is 59.1 Å². The van der Waals surface area contributed by atoms with Gasteiger partial charge in [-0.3, -0.25) is 0 Å². The minimum atomic E-state index is 0.451. The van der Waals surface area contributed by atoms with Gasteiger partial charge in [-0.15, -0.1) is 0 Å². The molecule has 1 unspecified atom stereocenters. The second-order valence-corrected chi connectivity index (χ2v) is 6.39. The first kappa shape index (κ1) is 16.6. The van der Waals surface area contributed by atoms with Crippen LogP contribution in [0.1, 0.15) is 11.1 Å². The van der Waals surface area contributed by atoms with Crippen molar-refractivity contribution in [2.45, 2.75) is 12.8 Å². The fourth-order valence-electron chi connectivity index (χ4n) is 2.48. The normalized spacial score (nSPS) is 12.4. The van der Waals surface area contributed by atoms with Crippen LogP contribution >= 0.6 is 34.8 Å². The molecule has 1 nitrogen and oxygen atoms in total. The van der Waals surface area contributed by atoms with Gasteiger partial charge in [-0.2, -0.15) is 0 Å². The lowest BCUT2D eigenvalue weighted by atomic mass is 9.92. The van der Waals surface area contributed by atoms with Crippen LogP contribution in [0.4, 0.5) is 0 Å². The molecule has 0 spiro atoms. The summed E-state index contributed by atoms with van der Waals surface area (Å²) in [5, 5.41) is 5.30. The first-order valence-electron chi connectivity index (χ1n) is 6.92. The topological polar surface area (TPSA) is 12.0 Å². The Morgan fingerprint density at radius 2 is 1.67 bits per heavy atom. The van der Waals surface area contributed by atoms with E-state index >= 15 is 0 Å². The maximum Gasteiger partial charge on any atom is 0.0624 e. The molecule has 4 heteroatoms. The minimum Gasteiger partial charge on any atom is -0.319 e. The highest BCUT2D eigenvalue weighted by Gasteiger charge is 2.13. The second-order valence-electron chi connectivity index (χ2n) is 5.17. The summed E-state index contributed by atoms with van der Waals surface area (Å²) in [4.78, 5) is 0. The van der Waals surface area contributed by atoms with Crippen molar-refractivity contribution in [1.82, 2.24) is 5.32 Å². The van der Waals surface area contributed by atoms with E-state index in [0.717, 1.165) is 30.0 Å². The molecule has 2 aromatic carbocycles. The van der Waals surface area contributed by atoms with Crippen molar-refractivity contribution in [1.29, 1.82) is 0 Å². The van der Waals surface area contributed by atoms with Crippen LogP contribution in [0.3, 0.4) is 0 Å². The van der Waals surface area contributed by atoms with Crippen LogP contribution in [-0.2, 0) is 12.8 Å². The van der Waals surface area contributed by atoms with E-state index in [1.54, 1.807) is 0 Å². The highest BCUT2D eigenvalue weighted by molar-refractivity contribution is 6.42. The molecule has 0 saturated carbocycles. The Balaban J connectivity index is 2.11. The summed E-state index contributed by atoms with van der Waals surface area (Å²) in [6.07, 6.45) is 1.86. The number of rotatable bonds is 6. The average molecular weight is 343 g/mol. The van der Waals surface area contributed by atoms with Crippen molar-refractivity contribution in [2.24, 2.45) is 5.92 Å². The predicted molar refractivity (Wildman–Crippen MR) is 92.7 cm³/mol. The molecule has 0 aliphatic rings. The first-order valence-corrected chi connectivity index (χ1v) is 8.05. The van der Waals surface area contributed by atoms with E-state index in [4.69, 9.17) is 34.8 Å². The zero-order chi connectivity index (χ0) is 15.2. The number of halogens is 3. The van der Waals surface area contributed by atoms with E-state index < -0.39 is 0 Å². The molecule has 0 aliphatic carbocycles. The van der Waals surface area contributed by atoms with Crippen molar-refractivity contribution in [3.05, 3.63) is 68.7 Å². The molecule has 0 radical (unpaired) electrons. The van der Waals surface area contributed by atoms with Gasteiger partial charge in [0.2, 0.25) is 0 Å². The molecule has 0 aromatic heterocycles. The smallest absolute Gasteiger partial charge is 0.0624 e. The number of benzene rings is 2. The van der Waals surface area contributed by atoms with Gasteiger partial charge in [0.05, 0.1) is 10.0 Å². The minimum absolute atomic E-state index is 0.451. The summed E-state index contributed by atoms with van der Waals surface area (Å²) >= 11 is 18.3. The van der Waals surface area contributed by atoms with Gasteiger partial charge in [0.25, 0.3) is 0 Å². The molecule has 0 aliphatic heterocycles. The molecule has 1 atom stereocenters. The van der Waals surface area contributed by atoms with E-state index in [-0.39, 0.29) is 0 Å². The van der Waals surface area contributed by atoms with Crippen LogP contribution in [0.15, 0.2) is 42.5 Å². The molecule has 1 N–H and O–H groups in total. The highest BCUT2D eigenvalue weighted by atomic mass is 35.5. The summed E-state index contributed by atoms with van der Waals surface area (Å²) in [5.41, 5.74) is 2.37. The lowest BCUT2D eigenvalue weighted by Gasteiger charge is -2.18. The van der Waals surface area contributed by atoms with Crippen LogP contribution < -0.4 is 5.32 Å². The lowest BCUT2D eigenvalue weighted by Crippen LogP contribution is -2.23. The standard InChI is InChI=1S/C17H18Cl3N/c1-21-11-13(9-12-5-7-15(18)8-6-12)10-14-3-2-4-16(19)17(14)20/h2-8,13,21H,9-11H2,1H3. The Morgan fingerprint density at radius 1 is 0.952 bits per heavy atom. The fraction of sp³-hybridized carbons (Fsp3) is 0.294. The van der Waals surface area contributed by atoms with Gasteiger partial charge in [-0.25, -0.2) is 0 Å². The van der Waals surface area contributed by atoms with Gasteiger partial charge >= 0.3 is 0 Å². The first-order chi connectivity index (χ1) is 10.1.